The third-order valence-electron chi connectivity index (χ3n) is 2.72. The highest BCUT2D eigenvalue weighted by molar-refractivity contribution is 7.09. The monoisotopic (exact) mass is 251 g/mol. The van der Waals surface area contributed by atoms with Crippen molar-refractivity contribution >= 4 is 11.3 Å². The van der Waals surface area contributed by atoms with E-state index in [1.807, 2.05) is 17.7 Å². The van der Waals surface area contributed by atoms with Crippen LogP contribution in [-0.2, 0) is 13.0 Å². The minimum absolute atomic E-state index is 0.0777. The van der Waals surface area contributed by atoms with Gasteiger partial charge in [-0.05, 0) is 18.4 Å². The molecule has 0 saturated heterocycles. The molecule has 2 rings (SSSR count). The largest absolute Gasteiger partial charge is 0.493 e. The lowest BCUT2D eigenvalue weighted by atomic mass is 10.1. The van der Waals surface area contributed by atoms with E-state index >= 15 is 0 Å². The highest BCUT2D eigenvalue weighted by Gasteiger charge is 2.18. The van der Waals surface area contributed by atoms with Crippen molar-refractivity contribution < 1.29 is 4.74 Å². The minimum atomic E-state index is -0.0777. The summed E-state index contributed by atoms with van der Waals surface area (Å²) in [5.41, 5.74) is 7.22. The third kappa shape index (κ3) is 2.50. The fourth-order valence-corrected chi connectivity index (χ4v) is 2.67. The second kappa shape index (κ2) is 5.33. The van der Waals surface area contributed by atoms with E-state index in [9.17, 15) is 0 Å². The molecule has 2 N–H and O–H groups in total. The van der Waals surface area contributed by atoms with Gasteiger partial charge in [0.15, 0.2) is 5.75 Å². The smallest absolute Gasteiger partial charge is 0.161 e. The van der Waals surface area contributed by atoms with Crippen LogP contribution in [0, 0.1) is 0 Å². The molecule has 0 saturated carbocycles. The van der Waals surface area contributed by atoms with E-state index in [4.69, 9.17) is 10.5 Å². The SMILES string of the molecule is CCn1ncc(OC)c1C(N)Cc1cccs1. The van der Waals surface area contributed by atoms with Crippen molar-refractivity contribution in [3.63, 3.8) is 0 Å². The highest BCUT2D eigenvalue weighted by Crippen LogP contribution is 2.27. The second-order valence-corrected chi connectivity index (χ2v) is 4.84. The molecule has 17 heavy (non-hydrogen) atoms. The van der Waals surface area contributed by atoms with Gasteiger partial charge in [0.05, 0.1) is 25.0 Å². The van der Waals surface area contributed by atoms with Gasteiger partial charge < -0.3 is 10.5 Å². The normalized spacial score (nSPS) is 12.6. The molecule has 1 unspecified atom stereocenters. The maximum Gasteiger partial charge on any atom is 0.161 e. The maximum absolute atomic E-state index is 6.25. The predicted molar refractivity (Wildman–Crippen MR) is 69.4 cm³/mol. The highest BCUT2D eigenvalue weighted by atomic mass is 32.1. The number of aryl methyl sites for hydroxylation is 1. The summed E-state index contributed by atoms with van der Waals surface area (Å²) in [4.78, 5) is 1.28. The Balaban J connectivity index is 2.22. The van der Waals surface area contributed by atoms with Crippen LogP contribution in [0.5, 0.6) is 5.75 Å². The van der Waals surface area contributed by atoms with Crippen molar-refractivity contribution in [1.29, 1.82) is 0 Å². The van der Waals surface area contributed by atoms with Crippen LogP contribution in [0.15, 0.2) is 23.7 Å². The van der Waals surface area contributed by atoms with Gasteiger partial charge in [-0.1, -0.05) is 6.07 Å². The molecule has 5 heteroatoms. The first kappa shape index (κ1) is 12.1. The lowest BCUT2D eigenvalue weighted by Gasteiger charge is -2.14. The Hall–Kier alpha value is -1.33. The maximum atomic E-state index is 6.25. The Kier molecular flexibility index (Phi) is 3.81. The van der Waals surface area contributed by atoms with E-state index in [1.165, 1.54) is 4.88 Å². The number of rotatable bonds is 5. The van der Waals surface area contributed by atoms with Gasteiger partial charge in [0.25, 0.3) is 0 Å². The lowest BCUT2D eigenvalue weighted by molar-refractivity contribution is 0.401. The second-order valence-electron chi connectivity index (χ2n) is 3.80. The van der Waals surface area contributed by atoms with Crippen molar-refractivity contribution in [2.75, 3.05) is 7.11 Å². The van der Waals surface area contributed by atoms with Crippen LogP contribution < -0.4 is 10.5 Å². The van der Waals surface area contributed by atoms with Crippen molar-refractivity contribution in [2.45, 2.75) is 25.9 Å². The molecule has 2 aromatic heterocycles. The molecule has 1 atom stereocenters. The molecule has 0 radical (unpaired) electrons. The van der Waals surface area contributed by atoms with Crippen LogP contribution in [0.1, 0.15) is 23.5 Å². The zero-order chi connectivity index (χ0) is 12.3. The van der Waals surface area contributed by atoms with Crippen molar-refractivity contribution in [1.82, 2.24) is 9.78 Å². The molecule has 0 bridgehead atoms. The van der Waals surface area contributed by atoms with Crippen molar-refractivity contribution in [3.05, 3.63) is 34.3 Å². The number of hydrogen-bond acceptors (Lipinski definition) is 4. The van der Waals surface area contributed by atoms with E-state index in [1.54, 1.807) is 24.6 Å². The molecule has 4 nitrogen and oxygen atoms in total. The quantitative estimate of drug-likeness (QED) is 0.886. The van der Waals surface area contributed by atoms with Crippen LogP contribution in [0.2, 0.25) is 0 Å². The molecule has 0 spiro atoms. The zero-order valence-corrected chi connectivity index (χ0v) is 10.9. The van der Waals surface area contributed by atoms with E-state index in [2.05, 4.69) is 16.5 Å². The average molecular weight is 251 g/mol. The van der Waals surface area contributed by atoms with Gasteiger partial charge >= 0.3 is 0 Å². The molecule has 0 fully saturated rings. The Bertz CT molecular complexity index is 443. The van der Waals surface area contributed by atoms with Crippen LogP contribution in [0.3, 0.4) is 0 Å². The first-order valence-corrected chi connectivity index (χ1v) is 6.51. The van der Waals surface area contributed by atoms with Gasteiger partial charge in [-0.3, -0.25) is 4.68 Å². The molecule has 2 aromatic rings. The van der Waals surface area contributed by atoms with Crippen LogP contribution in [-0.4, -0.2) is 16.9 Å². The van der Waals surface area contributed by atoms with Gasteiger partial charge in [0, 0.05) is 17.8 Å². The molecule has 2 heterocycles. The van der Waals surface area contributed by atoms with E-state index < -0.39 is 0 Å². The number of nitrogens with two attached hydrogens (primary N) is 1. The first-order valence-electron chi connectivity index (χ1n) is 5.64. The van der Waals surface area contributed by atoms with Crippen molar-refractivity contribution in [2.24, 2.45) is 5.73 Å². The van der Waals surface area contributed by atoms with Gasteiger partial charge in [-0.2, -0.15) is 5.10 Å². The van der Waals surface area contributed by atoms with Crippen LogP contribution in [0.25, 0.3) is 0 Å². The van der Waals surface area contributed by atoms with Gasteiger partial charge in [-0.15, -0.1) is 11.3 Å². The summed E-state index contributed by atoms with van der Waals surface area (Å²) in [7, 11) is 1.65. The number of hydrogen-bond donors (Lipinski definition) is 1. The first-order chi connectivity index (χ1) is 8.26. The fraction of sp³-hybridized carbons (Fsp3) is 0.417. The number of thiophene rings is 1. The zero-order valence-electron chi connectivity index (χ0n) is 10.1. The van der Waals surface area contributed by atoms with Gasteiger partial charge in [0.2, 0.25) is 0 Å². The molecular weight excluding hydrogens is 234 g/mol. The Morgan fingerprint density at radius 2 is 2.41 bits per heavy atom. The predicted octanol–water partition coefficient (Wildman–Crippen LogP) is 2.22. The molecule has 0 aromatic carbocycles. The lowest BCUT2D eigenvalue weighted by Crippen LogP contribution is -2.18. The van der Waals surface area contributed by atoms with Crippen LogP contribution in [0.4, 0.5) is 0 Å². The summed E-state index contributed by atoms with van der Waals surface area (Å²) in [5, 5.41) is 6.34. The Morgan fingerprint density at radius 1 is 1.59 bits per heavy atom. The average Bonchev–Trinajstić information content (AvgIpc) is 2.95. The molecule has 0 aliphatic rings. The summed E-state index contributed by atoms with van der Waals surface area (Å²) < 4.78 is 7.21. The van der Waals surface area contributed by atoms with Gasteiger partial charge in [-0.25, -0.2) is 0 Å². The molecule has 92 valence electrons. The van der Waals surface area contributed by atoms with E-state index in [0.717, 1.165) is 24.4 Å². The molecule has 0 aliphatic carbocycles. The van der Waals surface area contributed by atoms with Crippen molar-refractivity contribution in [3.8, 4) is 5.75 Å². The summed E-state index contributed by atoms with van der Waals surface area (Å²) >= 11 is 1.72. The topological polar surface area (TPSA) is 53.1 Å². The minimum Gasteiger partial charge on any atom is -0.493 e. The number of methoxy groups -OCH3 is 1. The number of aromatic nitrogens is 2. The Morgan fingerprint density at radius 3 is 3.00 bits per heavy atom. The summed E-state index contributed by atoms with van der Waals surface area (Å²) in [5.74, 6) is 0.774. The standard InChI is InChI=1S/C12H17N3OS/c1-3-15-12(11(16-2)8-14-15)10(13)7-9-5-4-6-17-9/h4-6,8,10H,3,7,13H2,1-2H3. The van der Waals surface area contributed by atoms with Gasteiger partial charge in [0.1, 0.15) is 0 Å². The Labute approximate surface area is 105 Å². The van der Waals surface area contributed by atoms with Crippen LogP contribution >= 0.6 is 11.3 Å². The molecular formula is C12H17N3OS. The third-order valence-corrected chi connectivity index (χ3v) is 3.62. The molecule has 0 aliphatic heterocycles. The van der Waals surface area contributed by atoms with E-state index in [0.29, 0.717) is 0 Å². The van der Waals surface area contributed by atoms with E-state index in [-0.39, 0.29) is 6.04 Å². The fourth-order valence-electron chi connectivity index (χ4n) is 1.90. The molecule has 0 amide bonds. The number of ether oxygens (including phenoxy) is 1. The number of nitrogens with zero attached hydrogens (tertiary/aromatic N) is 2. The summed E-state index contributed by atoms with van der Waals surface area (Å²) in [6, 6.07) is 4.07. The summed E-state index contributed by atoms with van der Waals surface area (Å²) in [6.45, 7) is 2.85. The summed E-state index contributed by atoms with van der Waals surface area (Å²) in [6.07, 6.45) is 2.55.